The second kappa shape index (κ2) is 8.95. The zero-order valence-corrected chi connectivity index (χ0v) is 13.4. The van der Waals surface area contributed by atoms with Gasteiger partial charge in [-0.05, 0) is 30.0 Å². The smallest absolute Gasteiger partial charge is 0.315 e. The van der Waals surface area contributed by atoms with Gasteiger partial charge in [-0.25, -0.2) is 4.79 Å². The standard InChI is InChI=1S/C17H24N4O2/c1-2-16(22)7-9-18-17(23)19-12-14-5-3-6-15(11-14)13-21-10-4-8-20-21/h3-6,8,10-11,16,22H,2,7,9,12-13H2,1H3,(H2,18,19,23). The van der Waals surface area contributed by atoms with Crippen LogP contribution in [0.1, 0.15) is 30.9 Å². The van der Waals surface area contributed by atoms with E-state index >= 15 is 0 Å². The lowest BCUT2D eigenvalue weighted by atomic mass is 10.1. The molecule has 124 valence electrons. The lowest BCUT2D eigenvalue weighted by Gasteiger charge is -2.11. The fourth-order valence-corrected chi connectivity index (χ4v) is 2.22. The first kappa shape index (κ1) is 17.0. The predicted octanol–water partition coefficient (Wildman–Crippen LogP) is 1.89. The molecule has 2 rings (SSSR count). The number of nitrogens with one attached hydrogen (secondary N) is 2. The molecular weight excluding hydrogens is 292 g/mol. The zero-order valence-electron chi connectivity index (χ0n) is 13.4. The number of hydrogen-bond donors (Lipinski definition) is 3. The Balaban J connectivity index is 1.76. The highest BCUT2D eigenvalue weighted by molar-refractivity contribution is 5.73. The molecule has 0 radical (unpaired) electrons. The lowest BCUT2D eigenvalue weighted by molar-refractivity contribution is 0.160. The van der Waals surface area contributed by atoms with E-state index < -0.39 is 0 Å². The fourth-order valence-electron chi connectivity index (χ4n) is 2.22. The van der Waals surface area contributed by atoms with Crippen LogP contribution in [0.2, 0.25) is 0 Å². The highest BCUT2D eigenvalue weighted by Gasteiger charge is 2.04. The van der Waals surface area contributed by atoms with Crippen molar-refractivity contribution in [3.8, 4) is 0 Å². The third-order valence-corrected chi connectivity index (χ3v) is 3.58. The van der Waals surface area contributed by atoms with Crippen molar-refractivity contribution in [2.24, 2.45) is 0 Å². The molecule has 2 amide bonds. The average molecular weight is 316 g/mol. The van der Waals surface area contributed by atoms with Crippen LogP contribution < -0.4 is 10.6 Å². The van der Waals surface area contributed by atoms with E-state index in [0.29, 0.717) is 32.5 Å². The summed E-state index contributed by atoms with van der Waals surface area (Å²) < 4.78 is 1.86. The maximum Gasteiger partial charge on any atom is 0.315 e. The molecule has 0 aliphatic heterocycles. The van der Waals surface area contributed by atoms with E-state index in [1.807, 2.05) is 42.1 Å². The van der Waals surface area contributed by atoms with Crippen molar-refractivity contribution in [2.75, 3.05) is 6.54 Å². The Kier molecular flexibility index (Phi) is 6.62. The monoisotopic (exact) mass is 316 g/mol. The predicted molar refractivity (Wildman–Crippen MR) is 88.9 cm³/mol. The van der Waals surface area contributed by atoms with Gasteiger partial charge in [0, 0.05) is 25.5 Å². The number of carbonyl (C=O) groups excluding carboxylic acids is 1. The molecule has 0 saturated carbocycles. The van der Waals surface area contributed by atoms with Crippen LogP contribution in [0.5, 0.6) is 0 Å². The summed E-state index contributed by atoms with van der Waals surface area (Å²) >= 11 is 0. The van der Waals surface area contributed by atoms with E-state index in [9.17, 15) is 9.90 Å². The minimum Gasteiger partial charge on any atom is -0.393 e. The van der Waals surface area contributed by atoms with E-state index in [2.05, 4.69) is 21.8 Å². The SMILES string of the molecule is CCC(O)CCNC(=O)NCc1cccc(Cn2cccn2)c1. The molecule has 1 aromatic heterocycles. The average Bonchev–Trinajstić information content (AvgIpc) is 3.06. The van der Waals surface area contributed by atoms with Crippen LogP contribution in [0.25, 0.3) is 0 Å². The molecule has 6 heteroatoms. The Morgan fingerprint density at radius 3 is 2.87 bits per heavy atom. The minimum atomic E-state index is -0.353. The molecule has 0 spiro atoms. The van der Waals surface area contributed by atoms with Crippen LogP contribution in [-0.2, 0) is 13.1 Å². The summed E-state index contributed by atoms with van der Waals surface area (Å²) in [6.45, 7) is 3.57. The van der Waals surface area contributed by atoms with Gasteiger partial charge >= 0.3 is 6.03 Å². The van der Waals surface area contributed by atoms with E-state index in [-0.39, 0.29) is 12.1 Å². The highest BCUT2D eigenvalue weighted by atomic mass is 16.3. The van der Waals surface area contributed by atoms with Crippen molar-refractivity contribution in [1.29, 1.82) is 0 Å². The van der Waals surface area contributed by atoms with E-state index in [0.717, 1.165) is 11.1 Å². The van der Waals surface area contributed by atoms with Crippen molar-refractivity contribution < 1.29 is 9.90 Å². The van der Waals surface area contributed by atoms with Gasteiger partial charge in [-0.15, -0.1) is 0 Å². The summed E-state index contributed by atoms with van der Waals surface area (Å²) in [4.78, 5) is 11.7. The Bertz CT molecular complexity index is 598. The Hall–Kier alpha value is -2.34. The molecule has 6 nitrogen and oxygen atoms in total. The zero-order chi connectivity index (χ0) is 16.5. The highest BCUT2D eigenvalue weighted by Crippen LogP contribution is 2.07. The van der Waals surface area contributed by atoms with Gasteiger partial charge in [0.1, 0.15) is 0 Å². The molecule has 1 unspecified atom stereocenters. The van der Waals surface area contributed by atoms with Crippen molar-refractivity contribution in [3.63, 3.8) is 0 Å². The van der Waals surface area contributed by atoms with Crippen molar-refractivity contribution in [2.45, 2.75) is 39.0 Å². The van der Waals surface area contributed by atoms with Crippen molar-refractivity contribution in [3.05, 3.63) is 53.9 Å². The summed E-state index contributed by atoms with van der Waals surface area (Å²) in [6, 6.07) is 9.73. The number of rotatable bonds is 8. The maximum atomic E-state index is 11.7. The third-order valence-electron chi connectivity index (χ3n) is 3.58. The Morgan fingerprint density at radius 2 is 2.13 bits per heavy atom. The summed E-state index contributed by atoms with van der Waals surface area (Å²) in [5.74, 6) is 0. The quantitative estimate of drug-likeness (QED) is 0.696. The Morgan fingerprint density at radius 1 is 1.30 bits per heavy atom. The van der Waals surface area contributed by atoms with Gasteiger partial charge in [-0.3, -0.25) is 4.68 Å². The maximum absolute atomic E-state index is 11.7. The first-order valence-corrected chi connectivity index (χ1v) is 7.92. The second-order valence-corrected chi connectivity index (χ2v) is 5.48. The third kappa shape index (κ3) is 6.12. The van der Waals surface area contributed by atoms with Gasteiger partial charge in [-0.2, -0.15) is 5.10 Å². The summed E-state index contributed by atoms with van der Waals surface area (Å²) in [6.07, 6.45) is 4.60. The normalized spacial score (nSPS) is 11.9. The van der Waals surface area contributed by atoms with Gasteiger partial charge in [0.05, 0.1) is 12.6 Å². The van der Waals surface area contributed by atoms with Crippen LogP contribution in [0.15, 0.2) is 42.7 Å². The number of aromatic nitrogens is 2. The van der Waals surface area contributed by atoms with E-state index in [1.54, 1.807) is 6.20 Å². The number of aliphatic hydroxyl groups excluding tert-OH is 1. The van der Waals surface area contributed by atoms with Crippen LogP contribution in [0.3, 0.4) is 0 Å². The van der Waals surface area contributed by atoms with E-state index in [1.165, 1.54) is 0 Å². The van der Waals surface area contributed by atoms with Gasteiger partial charge in [0.15, 0.2) is 0 Å². The molecule has 3 N–H and O–H groups in total. The number of aliphatic hydroxyl groups is 1. The number of nitrogens with zero attached hydrogens (tertiary/aromatic N) is 2. The molecule has 1 heterocycles. The Labute approximate surface area is 136 Å². The molecule has 23 heavy (non-hydrogen) atoms. The van der Waals surface area contributed by atoms with Crippen molar-refractivity contribution >= 4 is 6.03 Å². The summed E-state index contributed by atoms with van der Waals surface area (Å²) in [5.41, 5.74) is 2.18. The molecule has 1 aromatic carbocycles. The number of amides is 2. The lowest BCUT2D eigenvalue weighted by Crippen LogP contribution is -2.36. The van der Waals surface area contributed by atoms with Crippen molar-refractivity contribution in [1.82, 2.24) is 20.4 Å². The van der Waals surface area contributed by atoms with Crippen LogP contribution in [0.4, 0.5) is 4.79 Å². The fraction of sp³-hybridized carbons (Fsp3) is 0.412. The molecule has 0 aliphatic rings. The first-order chi connectivity index (χ1) is 11.2. The number of carbonyl (C=O) groups is 1. The molecule has 0 fully saturated rings. The number of urea groups is 1. The van der Waals surface area contributed by atoms with Gasteiger partial charge in [0.25, 0.3) is 0 Å². The number of benzene rings is 1. The van der Waals surface area contributed by atoms with Crippen LogP contribution in [0, 0.1) is 0 Å². The van der Waals surface area contributed by atoms with Gasteiger partial charge in [-0.1, -0.05) is 31.2 Å². The summed E-state index contributed by atoms with van der Waals surface area (Å²) in [5, 5.41) is 19.2. The molecule has 2 aromatic rings. The molecule has 0 bridgehead atoms. The van der Waals surface area contributed by atoms with Gasteiger partial charge < -0.3 is 15.7 Å². The molecule has 0 saturated heterocycles. The molecule has 1 atom stereocenters. The van der Waals surface area contributed by atoms with Crippen LogP contribution >= 0.6 is 0 Å². The van der Waals surface area contributed by atoms with Crippen LogP contribution in [-0.4, -0.2) is 33.6 Å². The number of hydrogen-bond acceptors (Lipinski definition) is 3. The van der Waals surface area contributed by atoms with E-state index in [4.69, 9.17) is 0 Å². The largest absolute Gasteiger partial charge is 0.393 e. The van der Waals surface area contributed by atoms with Gasteiger partial charge in [0.2, 0.25) is 0 Å². The molecular formula is C17H24N4O2. The minimum absolute atomic E-state index is 0.217. The summed E-state index contributed by atoms with van der Waals surface area (Å²) in [7, 11) is 0. The molecule has 0 aliphatic carbocycles. The topological polar surface area (TPSA) is 79.2 Å². The second-order valence-electron chi connectivity index (χ2n) is 5.48. The first-order valence-electron chi connectivity index (χ1n) is 7.92.